The number of carbonyl (C=O) groups excluding carboxylic acids is 1. The van der Waals surface area contributed by atoms with E-state index in [1.165, 1.54) is 4.57 Å². The van der Waals surface area contributed by atoms with E-state index in [0.717, 1.165) is 5.56 Å². The Morgan fingerprint density at radius 2 is 1.69 bits per heavy atom. The first kappa shape index (κ1) is 24.4. The number of halogens is 3. The predicted octanol–water partition coefficient (Wildman–Crippen LogP) is 3.15. The van der Waals surface area contributed by atoms with E-state index in [9.17, 15) is 27.9 Å². The Morgan fingerprint density at radius 1 is 1.03 bits per heavy atom. The van der Waals surface area contributed by atoms with Gasteiger partial charge in [-0.25, -0.2) is 19.3 Å². The highest BCUT2D eigenvalue weighted by atomic mass is 19.4. The van der Waals surface area contributed by atoms with Crippen LogP contribution >= 0.6 is 0 Å². The van der Waals surface area contributed by atoms with Crippen molar-refractivity contribution in [2.75, 3.05) is 0 Å². The first-order chi connectivity index (χ1) is 17.1. The van der Waals surface area contributed by atoms with Gasteiger partial charge in [0, 0.05) is 6.20 Å². The minimum atomic E-state index is -5.08. The number of carboxylic acid groups (broad SMARTS) is 1. The molecular weight excluding hydrogens is 481 g/mol. The monoisotopic (exact) mass is 498 g/mol. The third-order valence-electron chi connectivity index (χ3n) is 5.28. The van der Waals surface area contributed by atoms with Gasteiger partial charge in [-0.2, -0.15) is 13.2 Å². The number of para-hydroxylation sites is 1. The molecule has 1 aliphatic rings. The fourth-order valence-corrected chi connectivity index (χ4v) is 3.65. The average molecular weight is 498 g/mol. The molecule has 36 heavy (non-hydrogen) atoms. The van der Waals surface area contributed by atoms with Crippen molar-refractivity contribution in [3.05, 3.63) is 94.2 Å². The van der Waals surface area contributed by atoms with E-state index < -0.39 is 18.2 Å². The number of fused-ring (bicyclic) bond motifs is 4. The number of benzene rings is 2. The molecule has 1 unspecified atom stereocenters. The first-order valence-electron chi connectivity index (χ1n) is 10.4. The largest absolute Gasteiger partial charge is 0.508 e. The molecule has 4 aromatic rings. The molecule has 2 aromatic carbocycles. The van der Waals surface area contributed by atoms with Crippen LogP contribution in [0.3, 0.4) is 0 Å². The Morgan fingerprint density at radius 3 is 2.36 bits per heavy atom. The number of aromatic hydroxyl groups is 1. The van der Waals surface area contributed by atoms with Gasteiger partial charge in [-0.05, 0) is 48.4 Å². The molecule has 3 N–H and O–H groups in total. The summed E-state index contributed by atoms with van der Waals surface area (Å²) in [6.45, 7) is 0. The number of hydrogen-bond acceptors (Lipinski definition) is 6. The number of carbonyl (C=O) groups is 2. The fraction of sp³-hybridized carbons (Fsp3) is 0.125. The zero-order valence-electron chi connectivity index (χ0n) is 18.2. The van der Waals surface area contributed by atoms with Crippen molar-refractivity contribution in [2.24, 2.45) is 0 Å². The van der Waals surface area contributed by atoms with Crippen molar-refractivity contribution in [3.63, 3.8) is 0 Å². The second kappa shape index (κ2) is 9.49. The van der Waals surface area contributed by atoms with Crippen LogP contribution in [0.2, 0.25) is 0 Å². The molecule has 9 nitrogen and oxygen atoms in total. The van der Waals surface area contributed by atoms with E-state index in [-0.39, 0.29) is 23.0 Å². The summed E-state index contributed by atoms with van der Waals surface area (Å²) in [6.07, 6.45) is -3.12. The summed E-state index contributed by atoms with van der Waals surface area (Å²) >= 11 is 0. The molecule has 0 spiro atoms. The lowest BCUT2D eigenvalue weighted by atomic mass is 10.0. The highest BCUT2D eigenvalue weighted by molar-refractivity contribution is 5.98. The topological polar surface area (TPSA) is 134 Å². The molecular formula is C24H17F3N4O5. The molecule has 5 rings (SSSR count). The van der Waals surface area contributed by atoms with Crippen LogP contribution in [0.4, 0.5) is 13.2 Å². The van der Waals surface area contributed by atoms with E-state index in [2.05, 4.69) is 10.3 Å². The molecule has 0 aliphatic carbocycles. The fourth-order valence-electron chi connectivity index (χ4n) is 3.65. The Kier molecular flexibility index (Phi) is 6.43. The molecule has 3 heterocycles. The van der Waals surface area contributed by atoms with E-state index in [1.807, 2.05) is 6.07 Å². The second-order valence-electron chi connectivity index (χ2n) is 7.70. The summed E-state index contributed by atoms with van der Waals surface area (Å²) in [5.41, 5.74) is 1.51. The highest BCUT2D eigenvalue weighted by Crippen LogP contribution is 2.26. The van der Waals surface area contributed by atoms with Gasteiger partial charge in [-0.15, -0.1) is 0 Å². The maximum atomic E-state index is 13.3. The van der Waals surface area contributed by atoms with Crippen LogP contribution in [0, 0.1) is 0 Å². The SMILES string of the molecule is O=C(O)C(F)(F)F.O=C1NC(Cc2ccc(O)cc2)c2nc3ccccc3c(=O)n2-c2ncccc21. The van der Waals surface area contributed by atoms with Crippen molar-refractivity contribution in [1.29, 1.82) is 0 Å². The van der Waals surface area contributed by atoms with Crippen LogP contribution in [0.5, 0.6) is 5.75 Å². The lowest BCUT2D eigenvalue weighted by Gasteiger charge is -2.19. The van der Waals surface area contributed by atoms with Gasteiger partial charge in [0.1, 0.15) is 11.6 Å². The van der Waals surface area contributed by atoms with Gasteiger partial charge in [-0.3, -0.25) is 9.59 Å². The van der Waals surface area contributed by atoms with Crippen LogP contribution in [-0.4, -0.2) is 42.8 Å². The smallest absolute Gasteiger partial charge is 0.490 e. The maximum absolute atomic E-state index is 13.3. The number of rotatable bonds is 2. The lowest BCUT2D eigenvalue weighted by molar-refractivity contribution is -0.192. The van der Waals surface area contributed by atoms with Gasteiger partial charge in [-0.1, -0.05) is 24.3 Å². The molecule has 0 saturated heterocycles. The van der Waals surface area contributed by atoms with Gasteiger partial charge in [0.2, 0.25) is 0 Å². The summed E-state index contributed by atoms with van der Waals surface area (Å²) in [5, 5.41) is 20.1. The summed E-state index contributed by atoms with van der Waals surface area (Å²) < 4.78 is 33.2. The number of phenols is 1. The maximum Gasteiger partial charge on any atom is 0.490 e. The van der Waals surface area contributed by atoms with Gasteiger partial charge >= 0.3 is 12.1 Å². The standard InChI is InChI=1S/C22H16N4O3.C2HF3O2/c27-14-9-7-13(8-10-14)12-18-20-24-17-6-2-1-4-15(17)22(29)26(20)19-16(21(28)25-18)5-3-11-23-19;3-2(4,5)1(6)7/h1-11,18,27H,12H2,(H,25,28);(H,6,7). The molecule has 0 radical (unpaired) electrons. The van der Waals surface area contributed by atoms with Crippen molar-refractivity contribution in [1.82, 2.24) is 19.9 Å². The summed E-state index contributed by atoms with van der Waals surface area (Å²) in [7, 11) is 0. The van der Waals surface area contributed by atoms with E-state index in [4.69, 9.17) is 14.9 Å². The second-order valence-corrected chi connectivity index (χ2v) is 7.70. The van der Waals surface area contributed by atoms with E-state index in [0.29, 0.717) is 28.7 Å². The minimum absolute atomic E-state index is 0.163. The van der Waals surface area contributed by atoms with Crippen LogP contribution < -0.4 is 10.9 Å². The normalized spacial score (nSPS) is 14.5. The number of pyridine rings is 1. The molecule has 0 saturated carbocycles. The lowest BCUT2D eigenvalue weighted by Crippen LogP contribution is -2.32. The number of phenolic OH excluding ortho intramolecular Hbond substituents is 1. The molecule has 184 valence electrons. The van der Waals surface area contributed by atoms with Crippen LogP contribution in [0.1, 0.15) is 27.8 Å². The zero-order chi connectivity index (χ0) is 26.0. The van der Waals surface area contributed by atoms with E-state index in [1.54, 1.807) is 60.8 Å². The highest BCUT2D eigenvalue weighted by Gasteiger charge is 2.38. The molecule has 1 atom stereocenters. The Balaban J connectivity index is 0.000000384. The Bertz CT molecular complexity index is 1520. The number of aliphatic carboxylic acids is 1. The van der Waals surface area contributed by atoms with Crippen molar-refractivity contribution in [3.8, 4) is 11.6 Å². The molecule has 0 fully saturated rings. The Labute approximate surface area is 200 Å². The minimum Gasteiger partial charge on any atom is -0.508 e. The van der Waals surface area contributed by atoms with Gasteiger partial charge in [0.15, 0.2) is 5.82 Å². The van der Waals surface area contributed by atoms with Crippen LogP contribution in [0.15, 0.2) is 71.7 Å². The number of amides is 1. The van der Waals surface area contributed by atoms with Crippen molar-refractivity contribution >= 4 is 22.8 Å². The zero-order valence-corrected chi connectivity index (χ0v) is 18.2. The number of aromatic nitrogens is 3. The Hall–Kier alpha value is -4.74. The third kappa shape index (κ3) is 4.87. The van der Waals surface area contributed by atoms with Crippen LogP contribution in [0.25, 0.3) is 16.7 Å². The summed E-state index contributed by atoms with van der Waals surface area (Å²) in [6, 6.07) is 16.6. The number of carboxylic acids is 1. The van der Waals surface area contributed by atoms with Gasteiger partial charge < -0.3 is 15.5 Å². The van der Waals surface area contributed by atoms with Gasteiger partial charge in [0.25, 0.3) is 11.5 Å². The number of hydrogen-bond donors (Lipinski definition) is 3. The third-order valence-corrected chi connectivity index (χ3v) is 5.28. The summed E-state index contributed by atoms with van der Waals surface area (Å²) in [4.78, 5) is 44.2. The molecule has 1 aliphatic heterocycles. The number of alkyl halides is 3. The van der Waals surface area contributed by atoms with Crippen LogP contribution in [-0.2, 0) is 11.2 Å². The predicted molar refractivity (Wildman–Crippen MR) is 121 cm³/mol. The average Bonchev–Trinajstić information content (AvgIpc) is 2.95. The molecule has 0 bridgehead atoms. The molecule has 1 amide bonds. The van der Waals surface area contributed by atoms with Crippen molar-refractivity contribution in [2.45, 2.75) is 18.6 Å². The molecule has 2 aromatic heterocycles. The van der Waals surface area contributed by atoms with E-state index >= 15 is 0 Å². The molecule has 12 heteroatoms. The van der Waals surface area contributed by atoms with Gasteiger partial charge in [0.05, 0.1) is 22.5 Å². The first-order valence-corrected chi connectivity index (χ1v) is 10.4. The quantitative estimate of drug-likeness (QED) is 0.387. The van der Waals surface area contributed by atoms with Crippen molar-refractivity contribution < 1.29 is 33.0 Å². The summed E-state index contributed by atoms with van der Waals surface area (Å²) in [5.74, 6) is -2.21. The number of nitrogens with zero attached hydrogens (tertiary/aromatic N) is 3. The number of nitrogens with one attached hydrogen (secondary N) is 1.